The molecular weight excluding hydrogens is 392 g/mol. The summed E-state index contributed by atoms with van der Waals surface area (Å²) in [6, 6.07) is 17.5. The molecule has 0 spiro atoms. The van der Waals surface area contributed by atoms with Crippen LogP contribution in [0.2, 0.25) is 0 Å². The van der Waals surface area contributed by atoms with E-state index in [1.807, 2.05) is 36.4 Å². The Balaban J connectivity index is 1.62. The number of amides is 1. The molecule has 0 fully saturated rings. The zero-order chi connectivity index (χ0) is 18.5. The number of rotatable bonds is 5. The summed E-state index contributed by atoms with van der Waals surface area (Å²) < 4.78 is 0.991. The van der Waals surface area contributed by atoms with Crippen LogP contribution >= 0.6 is 15.9 Å². The highest BCUT2D eigenvalue weighted by Crippen LogP contribution is 2.20. The van der Waals surface area contributed by atoms with Gasteiger partial charge in [-0.3, -0.25) is 9.89 Å². The van der Waals surface area contributed by atoms with Gasteiger partial charge < -0.3 is 0 Å². The largest absolute Gasteiger partial charge is 0.289 e. The molecule has 1 aromatic heterocycles. The molecule has 0 aliphatic carbocycles. The molecular formula is C20H19BrN4O. The predicted octanol–water partition coefficient (Wildman–Crippen LogP) is 4.73. The van der Waals surface area contributed by atoms with Gasteiger partial charge in [-0.15, -0.1) is 0 Å². The van der Waals surface area contributed by atoms with Gasteiger partial charge >= 0.3 is 0 Å². The van der Waals surface area contributed by atoms with E-state index < -0.39 is 0 Å². The van der Waals surface area contributed by atoms with Crippen molar-refractivity contribution in [3.05, 3.63) is 75.9 Å². The number of carbonyl (C=O) groups excluding carboxylic acids is 1. The summed E-state index contributed by atoms with van der Waals surface area (Å²) in [6.45, 7) is 4.30. The lowest BCUT2D eigenvalue weighted by atomic mass is 10.0. The second-order valence-corrected chi connectivity index (χ2v) is 7.11. The molecule has 2 N–H and O–H groups in total. The molecule has 0 aliphatic heterocycles. The van der Waals surface area contributed by atoms with E-state index in [2.05, 4.69) is 62.6 Å². The molecule has 0 unspecified atom stereocenters. The summed E-state index contributed by atoms with van der Waals surface area (Å²) in [4.78, 5) is 12.2. The molecule has 1 heterocycles. The number of hydrogen-bond donors (Lipinski definition) is 2. The number of aromatic amines is 1. The number of carbonyl (C=O) groups is 1. The van der Waals surface area contributed by atoms with E-state index in [1.54, 1.807) is 12.3 Å². The van der Waals surface area contributed by atoms with Gasteiger partial charge in [-0.1, -0.05) is 66.2 Å². The Hall–Kier alpha value is -2.73. The van der Waals surface area contributed by atoms with Crippen LogP contribution in [0.4, 0.5) is 0 Å². The first-order chi connectivity index (χ1) is 12.5. The standard InChI is InChI=1S/C20H19BrN4O/c1-13(2)15-5-3-14(4-6-15)12-22-25-20(26)19-11-18(23-24-19)16-7-9-17(21)10-8-16/h3-13H,1-2H3,(H,23,24)(H,25,26). The van der Waals surface area contributed by atoms with Crippen LogP contribution in [0.5, 0.6) is 0 Å². The third-order valence-electron chi connectivity index (χ3n) is 3.95. The van der Waals surface area contributed by atoms with Gasteiger partial charge in [0.15, 0.2) is 0 Å². The zero-order valence-corrected chi connectivity index (χ0v) is 16.1. The first-order valence-electron chi connectivity index (χ1n) is 8.27. The monoisotopic (exact) mass is 410 g/mol. The Bertz CT molecular complexity index is 912. The summed E-state index contributed by atoms with van der Waals surface area (Å²) in [7, 11) is 0. The topological polar surface area (TPSA) is 70.1 Å². The molecule has 132 valence electrons. The molecule has 0 radical (unpaired) electrons. The van der Waals surface area contributed by atoms with Crippen molar-refractivity contribution in [2.24, 2.45) is 5.10 Å². The summed E-state index contributed by atoms with van der Waals surface area (Å²) >= 11 is 3.40. The summed E-state index contributed by atoms with van der Waals surface area (Å²) in [5.74, 6) is 0.150. The van der Waals surface area contributed by atoms with E-state index in [1.165, 1.54) is 5.56 Å². The predicted molar refractivity (Wildman–Crippen MR) is 107 cm³/mol. The van der Waals surface area contributed by atoms with E-state index in [0.717, 1.165) is 15.6 Å². The number of benzene rings is 2. The van der Waals surface area contributed by atoms with Crippen molar-refractivity contribution < 1.29 is 4.79 Å². The van der Waals surface area contributed by atoms with Crippen LogP contribution < -0.4 is 5.43 Å². The zero-order valence-electron chi connectivity index (χ0n) is 14.5. The Kier molecular flexibility index (Phi) is 5.63. The maximum atomic E-state index is 12.2. The molecule has 1 amide bonds. The van der Waals surface area contributed by atoms with Crippen LogP contribution in [0.3, 0.4) is 0 Å². The highest BCUT2D eigenvalue weighted by molar-refractivity contribution is 9.10. The van der Waals surface area contributed by atoms with Crippen molar-refractivity contribution >= 4 is 28.1 Å². The van der Waals surface area contributed by atoms with Gasteiger partial charge in [-0.2, -0.15) is 10.2 Å². The molecule has 6 heteroatoms. The quantitative estimate of drug-likeness (QED) is 0.471. The molecule has 5 nitrogen and oxygen atoms in total. The van der Waals surface area contributed by atoms with Crippen molar-refractivity contribution in [3.8, 4) is 11.3 Å². The maximum absolute atomic E-state index is 12.2. The maximum Gasteiger partial charge on any atom is 0.289 e. The minimum absolute atomic E-state index is 0.337. The van der Waals surface area contributed by atoms with Crippen LogP contribution in [0.1, 0.15) is 41.4 Å². The molecule has 0 saturated carbocycles. The van der Waals surface area contributed by atoms with Gasteiger partial charge in [-0.05, 0) is 35.2 Å². The third kappa shape index (κ3) is 4.46. The highest BCUT2D eigenvalue weighted by Gasteiger charge is 2.10. The fourth-order valence-corrected chi connectivity index (χ4v) is 2.66. The number of aromatic nitrogens is 2. The Morgan fingerprint density at radius 1 is 1.15 bits per heavy atom. The van der Waals surface area contributed by atoms with Gasteiger partial charge in [0.2, 0.25) is 0 Å². The molecule has 3 aromatic rings. The Morgan fingerprint density at radius 2 is 1.85 bits per heavy atom. The number of nitrogens with zero attached hydrogens (tertiary/aromatic N) is 2. The summed E-state index contributed by atoms with van der Waals surface area (Å²) in [6.07, 6.45) is 1.62. The van der Waals surface area contributed by atoms with Gasteiger partial charge in [-0.25, -0.2) is 5.43 Å². The number of hydrazone groups is 1. The van der Waals surface area contributed by atoms with Crippen LogP contribution in [0.15, 0.2) is 64.2 Å². The third-order valence-corrected chi connectivity index (χ3v) is 4.47. The van der Waals surface area contributed by atoms with Gasteiger partial charge in [0.1, 0.15) is 5.69 Å². The first-order valence-corrected chi connectivity index (χ1v) is 9.07. The second kappa shape index (κ2) is 8.10. The smallest absolute Gasteiger partial charge is 0.272 e. The van der Waals surface area contributed by atoms with E-state index >= 15 is 0 Å². The van der Waals surface area contributed by atoms with Gasteiger partial charge in [0.25, 0.3) is 5.91 Å². The number of nitrogens with one attached hydrogen (secondary N) is 2. The molecule has 0 bridgehead atoms. The normalized spacial score (nSPS) is 11.2. The van der Waals surface area contributed by atoms with Gasteiger partial charge in [0, 0.05) is 10.0 Å². The summed E-state index contributed by atoms with van der Waals surface area (Å²) in [5.41, 5.74) is 6.69. The Morgan fingerprint density at radius 3 is 2.50 bits per heavy atom. The highest BCUT2D eigenvalue weighted by atomic mass is 79.9. The fraction of sp³-hybridized carbons (Fsp3) is 0.150. The second-order valence-electron chi connectivity index (χ2n) is 6.19. The van der Waals surface area contributed by atoms with Crippen molar-refractivity contribution in [1.29, 1.82) is 0 Å². The minimum atomic E-state index is -0.337. The molecule has 3 rings (SSSR count). The van der Waals surface area contributed by atoms with Crippen molar-refractivity contribution in [2.75, 3.05) is 0 Å². The average molecular weight is 411 g/mol. The summed E-state index contributed by atoms with van der Waals surface area (Å²) in [5, 5.41) is 10.9. The number of hydrogen-bond acceptors (Lipinski definition) is 3. The number of H-pyrrole nitrogens is 1. The van der Waals surface area contributed by atoms with E-state index in [4.69, 9.17) is 0 Å². The SMILES string of the molecule is CC(C)c1ccc(C=NNC(=O)c2cc(-c3ccc(Br)cc3)n[nH]2)cc1. The van der Waals surface area contributed by atoms with Crippen LogP contribution in [-0.2, 0) is 0 Å². The van der Waals surface area contributed by atoms with Crippen LogP contribution in [-0.4, -0.2) is 22.3 Å². The lowest BCUT2D eigenvalue weighted by Gasteiger charge is -2.04. The lowest BCUT2D eigenvalue weighted by Crippen LogP contribution is -2.18. The first kappa shape index (κ1) is 18.1. The lowest BCUT2D eigenvalue weighted by molar-refractivity contribution is 0.0950. The van der Waals surface area contributed by atoms with Crippen LogP contribution in [0.25, 0.3) is 11.3 Å². The molecule has 0 aliphatic rings. The van der Waals surface area contributed by atoms with Crippen molar-refractivity contribution in [2.45, 2.75) is 19.8 Å². The van der Waals surface area contributed by atoms with Crippen molar-refractivity contribution in [1.82, 2.24) is 15.6 Å². The Labute approximate surface area is 160 Å². The van der Waals surface area contributed by atoms with E-state index in [9.17, 15) is 4.79 Å². The number of halogens is 1. The van der Waals surface area contributed by atoms with Gasteiger partial charge in [0.05, 0.1) is 11.9 Å². The van der Waals surface area contributed by atoms with E-state index in [-0.39, 0.29) is 5.91 Å². The van der Waals surface area contributed by atoms with E-state index in [0.29, 0.717) is 17.3 Å². The molecule has 26 heavy (non-hydrogen) atoms. The van der Waals surface area contributed by atoms with Crippen LogP contribution in [0, 0.1) is 0 Å². The van der Waals surface area contributed by atoms with Crippen molar-refractivity contribution in [3.63, 3.8) is 0 Å². The molecule has 0 saturated heterocycles. The molecule has 0 atom stereocenters. The molecule has 2 aromatic carbocycles. The average Bonchev–Trinajstić information content (AvgIpc) is 3.13. The minimum Gasteiger partial charge on any atom is -0.272 e. The fourth-order valence-electron chi connectivity index (χ4n) is 2.40.